The minimum absolute atomic E-state index is 0.163. The first-order valence-corrected chi connectivity index (χ1v) is 12.3. The van der Waals surface area contributed by atoms with Crippen molar-refractivity contribution < 1.29 is 27.8 Å². The molecule has 5 rings (SSSR count). The minimum Gasteiger partial charge on any atom is -0.406 e. The monoisotopic (exact) mass is 462 g/mol. The number of benzene rings is 1. The minimum atomic E-state index is -4.71. The summed E-state index contributed by atoms with van der Waals surface area (Å²) in [6, 6.07) is 5.75. The molecule has 0 saturated heterocycles. The van der Waals surface area contributed by atoms with Gasteiger partial charge in [0.2, 0.25) is 0 Å². The lowest BCUT2D eigenvalue weighted by Gasteiger charge is -2.59. The molecular weight excluding hydrogens is 429 g/mol. The van der Waals surface area contributed by atoms with Crippen LogP contribution < -0.4 is 4.74 Å². The predicted molar refractivity (Wildman–Crippen MR) is 119 cm³/mol. The highest BCUT2D eigenvalue weighted by atomic mass is 19.4. The number of ether oxygens (including phenoxy) is 1. The summed E-state index contributed by atoms with van der Waals surface area (Å²) in [6.45, 7) is 4.57. The van der Waals surface area contributed by atoms with Crippen molar-refractivity contribution >= 4 is 11.9 Å². The Labute approximate surface area is 193 Å². The highest BCUT2D eigenvalue weighted by Crippen LogP contribution is 2.66. The molecular formula is C27H33F3O3. The molecule has 0 heterocycles. The molecule has 0 spiro atoms. The van der Waals surface area contributed by atoms with Crippen molar-refractivity contribution in [3.05, 3.63) is 35.4 Å². The Hall–Kier alpha value is -1.82. The van der Waals surface area contributed by atoms with Crippen LogP contribution in [0.1, 0.15) is 70.8 Å². The van der Waals surface area contributed by atoms with E-state index in [-0.39, 0.29) is 28.5 Å². The number of aliphatic hydroxyl groups excluding tert-OH is 1. The van der Waals surface area contributed by atoms with Crippen LogP contribution >= 0.6 is 0 Å². The summed E-state index contributed by atoms with van der Waals surface area (Å²) in [5.74, 6) is 2.00. The molecule has 6 heteroatoms. The quantitative estimate of drug-likeness (QED) is 0.507. The highest BCUT2D eigenvalue weighted by Gasteiger charge is 2.61. The molecule has 180 valence electrons. The zero-order chi connectivity index (χ0) is 23.6. The van der Waals surface area contributed by atoms with E-state index in [2.05, 4.69) is 18.6 Å². The topological polar surface area (TPSA) is 46.5 Å². The summed E-state index contributed by atoms with van der Waals surface area (Å²) in [7, 11) is 0. The van der Waals surface area contributed by atoms with E-state index < -0.39 is 6.36 Å². The second-order valence-electron chi connectivity index (χ2n) is 11.4. The SMILES string of the molecule is C[C@]12CC[C@@H](O)C[C@@H]1CC[C@H]1[C@H]2CC[C@@]2(C)C(=O)/C(=C/c3ccc(OC(F)(F)F)cc3)C[C@H]12. The van der Waals surface area contributed by atoms with Gasteiger partial charge < -0.3 is 9.84 Å². The molecule has 7 atom stereocenters. The zero-order valence-corrected chi connectivity index (χ0v) is 19.3. The van der Waals surface area contributed by atoms with E-state index in [4.69, 9.17) is 0 Å². The van der Waals surface area contributed by atoms with Crippen LogP contribution in [0.3, 0.4) is 0 Å². The van der Waals surface area contributed by atoms with Crippen LogP contribution in [0, 0.1) is 34.5 Å². The first-order valence-electron chi connectivity index (χ1n) is 12.3. The maximum atomic E-state index is 13.5. The third-order valence-electron chi connectivity index (χ3n) is 9.73. The average molecular weight is 463 g/mol. The van der Waals surface area contributed by atoms with E-state index in [9.17, 15) is 23.1 Å². The van der Waals surface area contributed by atoms with Crippen LogP contribution in [0.4, 0.5) is 13.2 Å². The molecule has 0 radical (unpaired) electrons. The lowest BCUT2D eigenvalue weighted by atomic mass is 9.45. The smallest absolute Gasteiger partial charge is 0.406 e. The van der Waals surface area contributed by atoms with Crippen LogP contribution in [-0.4, -0.2) is 23.4 Å². The van der Waals surface area contributed by atoms with Crippen LogP contribution in [0.5, 0.6) is 5.75 Å². The van der Waals surface area contributed by atoms with Gasteiger partial charge in [0.1, 0.15) is 5.75 Å². The molecule has 4 saturated carbocycles. The second kappa shape index (κ2) is 7.86. The fourth-order valence-corrected chi connectivity index (χ4v) is 8.00. The van der Waals surface area contributed by atoms with Gasteiger partial charge in [0.25, 0.3) is 0 Å². The van der Waals surface area contributed by atoms with E-state index in [0.29, 0.717) is 23.7 Å². The summed E-state index contributed by atoms with van der Waals surface area (Å²) < 4.78 is 41.2. The van der Waals surface area contributed by atoms with E-state index in [1.54, 1.807) is 12.1 Å². The van der Waals surface area contributed by atoms with Gasteiger partial charge in [-0.25, -0.2) is 0 Å². The standard InChI is InChI=1S/C27H33F3O3/c1-25-11-9-19(31)15-18(25)5-8-21-22(25)10-12-26(2)23(21)14-17(24(26)32)13-16-3-6-20(7-4-16)33-27(28,29)30/h3-4,6-7,13,18-19,21-23,31H,5,8-12,14-15H2,1-2H3/b17-13+/t18-,19+,21-,22+,23+,25-,26+/m0/s1. The lowest BCUT2D eigenvalue weighted by Crippen LogP contribution is -2.54. The number of hydrogen-bond donors (Lipinski definition) is 1. The molecule has 0 bridgehead atoms. The number of carbonyl (C=O) groups is 1. The Kier molecular flexibility index (Phi) is 5.47. The van der Waals surface area contributed by atoms with Crippen molar-refractivity contribution in [3.8, 4) is 5.75 Å². The summed E-state index contributed by atoms with van der Waals surface area (Å²) in [5, 5.41) is 10.2. The molecule has 0 aromatic heterocycles. The Morgan fingerprint density at radius 1 is 1.03 bits per heavy atom. The lowest BCUT2D eigenvalue weighted by molar-refractivity contribution is -0.274. The summed E-state index contributed by atoms with van der Waals surface area (Å²) in [5.41, 5.74) is 1.44. The van der Waals surface area contributed by atoms with Crippen LogP contribution in [0.2, 0.25) is 0 Å². The van der Waals surface area contributed by atoms with Gasteiger partial charge in [0.15, 0.2) is 5.78 Å². The van der Waals surface area contributed by atoms with Gasteiger partial charge in [0.05, 0.1) is 6.10 Å². The van der Waals surface area contributed by atoms with Gasteiger partial charge in [-0.05, 0) is 110 Å². The molecule has 1 N–H and O–H groups in total. The van der Waals surface area contributed by atoms with Gasteiger partial charge >= 0.3 is 6.36 Å². The predicted octanol–water partition coefficient (Wildman–Crippen LogP) is 6.55. The number of carbonyl (C=O) groups excluding carboxylic acids is 1. The van der Waals surface area contributed by atoms with Gasteiger partial charge in [0, 0.05) is 5.41 Å². The molecule has 0 unspecified atom stereocenters. The average Bonchev–Trinajstić information content (AvgIpc) is 2.99. The number of aliphatic hydroxyl groups is 1. The Morgan fingerprint density at radius 3 is 2.45 bits per heavy atom. The molecule has 4 aliphatic rings. The van der Waals surface area contributed by atoms with Gasteiger partial charge in [-0.3, -0.25) is 4.79 Å². The Balaban J connectivity index is 1.37. The highest BCUT2D eigenvalue weighted by molar-refractivity contribution is 6.05. The first-order chi connectivity index (χ1) is 15.5. The summed E-state index contributed by atoms with van der Waals surface area (Å²) in [4.78, 5) is 13.5. The van der Waals surface area contributed by atoms with E-state index in [1.807, 2.05) is 6.08 Å². The molecule has 3 nitrogen and oxygen atoms in total. The number of rotatable bonds is 2. The first kappa shape index (κ1) is 22.9. The number of hydrogen-bond acceptors (Lipinski definition) is 3. The normalized spacial score (nSPS) is 41.9. The van der Waals surface area contributed by atoms with E-state index in [0.717, 1.165) is 62.5 Å². The number of fused-ring (bicyclic) bond motifs is 5. The third kappa shape index (κ3) is 3.92. The fourth-order valence-electron chi connectivity index (χ4n) is 8.00. The molecule has 1 aromatic carbocycles. The van der Waals surface area contributed by atoms with Gasteiger partial charge in [-0.15, -0.1) is 13.2 Å². The largest absolute Gasteiger partial charge is 0.573 e. The van der Waals surface area contributed by atoms with Crippen molar-refractivity contribution in [2.24, 2.45) is 34.5 Å². The summed E-state index contributed by atoms with van der Waals surface area (Å²) >= 11 is 0. The van der Waals surface area contributed by atoms with Crippen LogP contribution in [-0.2, 0) is 4.79 Å². The van der Waals surface area contributed by atoms with Crippen molar-refractivity contribution in [2.45, 2.75) is 77.7 Å². The van der Waals surface area contributed by atoms with E-state index in [1.165, 1.54) is 12.1 Å². The third-order valence-corrected chi connectivity index (χ3v) is 9.73. The number of halogens is 3. The van der Waals surface area contributed by atoms with E-state index >= 15 is 0 Å². The van der Waals surface area contributed by atoms with Crippen LogP contribution in [0.15, 0.2) is 29.8 Å². The fraction of sp³-hybridized carbons (Fsp3) is 0.667. The molecule has 4 aliphatic carbocycles. The Morgan fingerprint density at radius 2 is 1.76 bits per heavy atom. The van der Waals surface area contributed by atoms with Crippen molar-refractivity contribution in [1.29, 1.82) is 0 Å². The number of allylic oxidation sites excluding steroid dienone is 1. The maximum Gasteiger partial charge on any atom is 0.573 e. The number of ketones is 1. The summed E-state index contributed by atoms with van der Waals surface area (Å²) in [6.07, 6.45) is 4.85. The van der Waals surface area contributed by atoms with Gasteiger partial charge in [-0.1, -0.05) is 26.0 Å². The van der Waals surface area contributed by atoms with Crippen molar-refractivity contribution in [1.82, 2.24) is 0 Å². The van der Waals surface area contributed by atoms with Crippen LogP contribution in [0.25, 0.3) is 6.08 Å². The zero-order valence-electron chi connectivity index (χ0n) is 19.3. The van der Waals surface area contributed by atoms with Crippen molar-refractivity contribution in [3.63, 3.8) is 0 Å². The molecule has 0 aliphatic heterocycles. The number of Topliss-reactive ketones (excluding diaryl/α,β-unsaturated/α-hetero) is 1. The Bertz CT molecular complexity index is 952. The maximum absolute atomic E-state index is 13.5. The molecule has 0 amide bonds. The second-order valence-corrected chi connectivity index (χ2v) is 11.4. The number of alkyl halides is 3. The molecule has 4 fully saturated rings. The molecule has 1 aromatic rings. The molecule has 33 heavy (non-hydrogen) atoms. The van der Waals surface area contributed by atoms with Crippen molar-refractivity contribution in [2.75, 3.05) is 0 Å². The van der Waals surface area contributed by atoms with Gasteiger partial charge in [-0.2, -0.15) is 0 Å².